The second kappa shape index (κ2) is 5.35. The lowest BCUT2D eigenvalue weighted by Crippen LogP contribution is -2.09. The lowest BCUT2D eigenvalue weighted by Gasteiger charge is -2.16. The van der Waals surface area contributed by atoms with E-state index >= 15 is 0 Å². The molecule has 1 atom stereocenters. The third-order valence-electron chi connectivity index (χ3n) is 3.72. The van der Waals surface area contributed by atoms with Gasteiger partial charge in [-0.1, -0.05) is 41.9 Å². The number of fused-ring (bicyclic) bond motifs is 1. The van der Waals surface area contributed by atoms with Crippen LogP contribution < -0.4 is 0 Å². The van der Waals surface area contributed by atoms with Crippen molar-refractivity contribution in [2.75, 3.05) is 0 Å². The molecule has 2 heterocycles. The number of para-hydroxylation sites is 1. The van der Waals surface area contributed by atoms with Gasteiger partial charge < -0.3 is 8.98 Å². The second-order valence-corrected chi connectivity index (χ2v) is 5.59. The Morgan fingerprint density at radius 3 is 2.59 bits per heavy atom. The van der Waals surface area contributed by atoms with Crippen LogP contribution in [0.1, 0.15) is 17.4 Å². The molecule has 0 spiro atoms. The first-order valence-electron chi connectivity index (χ1n) is 7.02. The molecule has 0 aliphatic carbocycles. The molecule has 4 heteroatoms. The molecule has 22 heavy (non-hydrogen) atoms. The fourth-order valence-electron chi connectivity index (χ4n) is 2.69. The van der Waals surface area contributed by atoms with Gasteiger partial charge in [-0.3, -0.25) is 0 Å². The van der Waals surface area contributed by atoms with Gasteiger partial charge in [-0.15, -0.1) is 0 Å². The van der Waals surface area contributed by atoms with Gasteiger partial charge in [0.1, 0.15) is 17.4 Å². The maximum Gasteiger partial charge on any atom is 0.134 e. The van der Waals surface area contributed by atoms with Gasteiger partial charge in [-0.2, -0.15) is 0 Å². The first-order valence-corrected chi connectivity index (χ1v) is 7.40. The van der Waals surface area contributed by atoms with Crippen LogP contribution in [0.25, 0.3) is 11.0 Å². The van der Waals surface area contributed by atoms with E-state index in [4.69, 9.17) is 16.0 Å². The molecule has 3 nitrogen and oxygen atoms in total. The van der Waals surface area contributed by atoms with Gasteiger partial charge >= 0.3 is 0 Å². The Hall–Kier alpha value is -2.52. The zero-order chi connectivity index (χ0) is 14.9. The van der Waals surface area contributed by atoms with Crippen molar-refractivity contribution in [3.05, 3.63) is 89.7 Å². The number of nitrogens with zero attached hydrogens (tertiary/aromatic N) is 2. The third-order valence-corrected chi connectivity index (χ3v) is 3.97. The number of benzene rings is 2. The number of rotatable bonds is 3. The van der Waals surface area contributed by atoms with Crippen LogP contribution in [0, 0.1) is 0 Å². The molecule has 0 N–H and O–H groups in total. The molecular weight excluding hydrogens is 296 g/mol. The number of furan rings is 1. The SMILES string of the molecule is Clc1ccc(C(c2cc3ccccc3o2)n2ccnc2)cc1. The molecule has 0 radical (unpaired) electrons. The summed E-state index contributed by atoms with van der Waals surface area (Å²) in [6.45, 7) is 0. The smallest absolute Gasteiger partial charge is 0.134 e. The van der Waals surface area contributed by atoms with Gasteiger partial charge in [-0.25, -0.2) is 4.98 Å². The Bertz CT molecular complexity index is 861. The summed E-state index contributed by atoms with van der Waals surface area (Å²) in [4.78, 5) is 4.16. The molecule has 0 amide bonds. The average molecular weight is 309 g/mol. The van der Waals surface area contributed by atoms with Gasteiger partial charge in [-0.05, 0) is 29.8 Å². The van der Waals surface area contributed by atoms with Crippen LogP contribution in [0.5, 0.6) is 0 Å². The summed E-state index contributed by atoms with van der Waals surface area (Å²) < 4.78 is 8.09. The molecular formula is C18H13ClN2O. The van der Waals surface area contributed by atoms with Crippen molar-refractivity contribution in [2.45, 2.75) is 6.04 Å². The van der Waals surface area contributed by atoms with E-state index in [0.717, 1.165) is 27.3 Å². The number of hydrogen-bond acceptors (Lipinski definition) is 2. The van der Waals surface area contributed by atoms with Crippen LogP contribution in [0.15, 0.2) is 77.7 Å². The molecule has 4 rings (SSSR count). The molecule has 2 aromatic carbocycles. The minimum atomic E-state index is -0.0628. The van der Waals surface area contributed by atoms with Crippen molar-refractivity contribution in [1.82, 2.24) is 9.55 Å². The number of aromatic nitrogens is 2. The van der Waals surface area contributed by atoms with Crippen molar-refractivity contribution < 1.29 is 4.42 Å². The summed E-state index contributed by atoms with van der Waals surface area (Å²) in [7, 11) is 0. The summed E-state index contributed by atoms with van der Waals surface area (Å²) in [6.07, 6.45) is 5.50. The highest BCUT2D eigenvalue weighted by molar-refractivity contribution is 6.30. The normalized spacial score (nSPS) is 12.6. The van der Waals surface area contributed by atoms with E-state index in [1.807, 2.05) is 53.2 Å². The summed E-state index contributed by atoms with van der Waals surface area (Å²) in [5.74, 6) is 0.876. The van der Waals surface area contributed by atoms with E-state index in [9.17, 15) is 0 Å². The molecule has 108 valence electrons. The lowest BCUT2D eigenvalue weighted by molar-refractivity contribution is 0.488. The number of halogens is 1. The highest BCUT2D eigenvalue weighted by Gasteiger charge is 2.20. The second-order valence-electron chi connectivity index (χ2n) is 5.15. The molecule has 4 aromatic rings. The van der Waals surface area contributed by atoms with E-state index in [1.54, 1.807) is 12.5 Å². The Morgan fingerprint density at radius 1 is 1.05 bits per heavy atom. The summed E-state index contributed by atoms with van der Waals surface area (Å²) in [5, 5.41) is 1.81. The largest absolute Gasteiger partial charge is 0.458 e. The van der Waals surface area contributed by atoms with E-state index in [-0.39, 0.29) is 6.04 Å². The predicted octanol–water partition coefficient (Wildman–Crippen LogP) is 4.92. The molecule has 0 saturated heterocycles. The van der Waals surface area contributed by atoms with Crippen LogP contribution in [-0.2, 0) is 0 Å². The summed E-state index contributed by atoms with van der Waals surface area (Å²) in [6, 6.07) is 17.8. The van der Waals surface area contributed by atoms with Crippen molar-refractivity contribution in [1.29, 1.82) is 0 Å². The van der Waals surface area contributed by atoms with Crippen LogP contribution in [0.2, 0.25) is 5.02 Å². The topological polar surface area (TPSA) is 31.0 Å². The van der Waals surface area contributed by atoms with E-state index in [1.165, 1.54) is 0 Å². The highest BCUT2D eigenvalue weighted by Crippen LogP contribution is 2.31. The van der Waals surface area contributed by atoms with Crippen molar-refractivity contribution in [3.8, 4) is 0 Å². The lowest BCUT2D eigenvalue weighted by atomic mass is 10.0. The van der Waals surface area contributed by atoms with Crippen LogP contribution in [0.3, 0.4) is 0 Å². The fraction of sp³-hybridized carbons (Fsp3) is 0.0556. The standard InChI is InChI=1S/C18H13ClN2O/c19-15-7-5-13(6-8-15)18(21-10-9-20-12-21)17-11-14-3-1-2-4-16(14)22-17/h1-12,18H. The maximum atomic E-state index is 6.06. The van der Waals surface area contributed by atoms with Crippen molar-refractivity contribution in [2.24, 2.45) is 0 Å². The van der Waals surface area contributed by atoms with Gasteiger partial charge in [0.25, 0.3) is 0 Å². The zero-order valence-corrected chi connectivity index (χ0v) is 12.4. The Morgan fingerprint density at radius 2 is 1.86 bits per heavy atom. The third kappa shape index (κ3) is 2.30. The van der Waals surface area contributed by atoms with E-state index < -0.39 is 0 Å². The Balaban J connectivity index is 1.88. The van der Waals surface area contributed by atoms with Gasteiger partial charge in [0.15, 0.2) is 0 Å². The molecule has 0 aliphatic rings. The average Bonchev–Trinajstić information content (AvgIpc) is 3.19. The van der Waals surface area contributed by atoms with E-state index in [2.05, 4.69) is 17.1 Å². The number of imidazole rings is 1. The molecule has 0 bridgehead atoms. The minimum absolute atomic E-state index is 0.0628. The first kappa shape index (κ1) is 13.2. The molecule has 1 unspecified atom stereocenters. The van der Waals surface area contributed by atoms with Crippen molar-refractivity contribution >= 4 is 22.6 Å². The molecule has 0 fully saturated rings. The molecule has 2 aromatic heterocycles. The van der Waals surface area contributed by atoms with Crippen molar-refractivity contribution in [3.63, 3.8) is 0 Å². The Labute approximate surface area is 132 Å². The summed E-state index contributed by atoms with van der Waals surface area (Å²) in [5.41, 5.74) is 1.98. The monoisotopic (exact) mass is 308 g/mol. The van der Waals surface area contributed by atoms with Crippen LogP contribution in [-0.4, -0.2) is 9.55 Å². The maximum absolute atomic E-state index is 6.06. The van der Waals surface area contributed by atoms with Gasteiger partial charge in [0, 0.05) is 22.8 Å². The van der Waals surface area contributed by atoms with Crippen LogP contribution in [0.4, 0.5) is 0 Å². The zero-order valence-electron chi connectivity index (χ0n) is 11.7. The summed E-state index contributed by atoms with van der Waals surface area (Å²) >= 11 is 6.01. The quantitative estimate of drug-likeness (QED) is 0.538. The van der Waals surface area contributed by atoms with Gasteiger partial charge in [0.2, 0.25) is 0 Å². The Kier molecular flexibility index (Phi) is 3.20. The van der Waals surface area contributed by atoms with Crippen LogP contribution >= 0.6 is 11.6 Å². The number of hydrogen-bond donors (Lipinski definition) is 0. The van der Waals surface area contributed by atoms with E-state index in [0.29, 0.717) is 0 Å². The minimum Gasteiger partial charge on any atom is -0.458 e. The molecule has 0 saturated carbocycles. The predicted molar refractivity (Wildman–Crippen MR) is 87.1 cm³/mol. The highest BCUT2D eigenvalue weighted by atomic mass is 35.5. The first-order chi connectivity index (χ1) is 10.8. The molecule has 0 aliphatic heterocycles. The van der Waals surface area contributed by atoms with Gasteiger partial charge in [0.05, 0.1) is 6.33 Å². The fourth-order valence-corrected chi connectivity index (χ4v) is 2.81.